The second kappa shape index (κ2) is 8.45. The highest BCUT2D eigenvalue weighted by atomic mass is 32.2. The van der Waals surface area contributed by atoms with Crippen LogP contribution in [0.15, 0.2) is 59.5 Å². The van der Waals surface area contributed by atoms with Crippen LogP contribution in [0.25, 0.3) is 0 Å². The Morgan fingerprint density at radius 2 is 1.75 bits per heavy atom. The van der Waals surface area contributed by atoms with Crippen LogP contribution in [0.5, 0.6) is 0 Å². The highest BCUT2D eigenvalue weighted by Gasteiger charge is 2.41. The number of nitrogens with one attached hydrogen (secondary N) is 1. The number of amides is 1. The van der Waals surface area contributed by atoms with Crippen LogP contribution in [0.4, 0.5) is 0 Å². The fourth-order valence-corrected chi connectivity index (χ4v) is 5.22. The first-order chi connectivity index (χ1) is 13.3. The van der Waals surface area contributed by atoms with E-state index in [1.807, 2.05) is 56.3 Å². The van der Waals surface area contributed by atoms with E-state index in [-0.39, 0.29) is 12.5 Å². The maximum atomic E-state index is 13.1. The number of piperidine rings is 1. The van der Waals surface area contributed by atoms with Gasteiger partial charge in [0.05, 0.1) is 10.3 Å². The summed E-state index contributed by atoms with van der Waals surface area (Å²) in [5, 5.41) is 2.98. The minimum absolute atomic E-state index is 0.0995. The van der Waals surface area contributed by atoms with Gasteiger partial charge in [-0.1, -0.05) is 49.4 Å². The van der Waals surface area contributed by atoms with Crippen molar-refractivity contribution < 1.29 is 13.2 Å². The highest BCUT2D eigenvalue weighted by Crippen LogP contribution is 2.33. The van der Waals surface area contributed by atoms with Crippen LogP contribution in [0.2, 0.25) is 0 Å². The minimum Gasteiger partial charge on any atom is -0.352 e. The molecule has 0 bridgehead atoms. The van der Waals surface area contributed by atoms with E-state index >= 15 is 0 Å². The standard InChI is InChI=1S/C22H28N2O3S/c1-3-18-10-12-20(13-11-18)28(26,27)24-15-7-14-22(2,17-24)21(25)23-16-19-8-5-4-6-9-19/h4-6,8-13H,3,7,14-17H2,1-2H3,(H,23,25). The lowest BCUT2D eigenvalue weighted by atomic mass is 9.82. The summed E-state index contributed by atoms with van der Waals surface area (Å²) in [4.78, 5) is 13.1. The molecule has 2 aromatic carbocycles. The van der Waals surface area contributed by atoms with Crippen LogP contribution in [-0.4, -0.2) is 31.7 Å². The van der Waals surface area contributed by atoms with E-state index in [1.54, 1.807) is 12.1 Å². The van der Waals surface area contributed by atoms with Crippen LogP contribution in [0, 0.1) is 5.41 Å². The van der Waals surface area contributed by atoms with Gasteiger partial charge in [0, 0.05) is 19.6 Å². The van der Waals surface area contributed by atoms with Gasteiger partial charge in [-0.25, -0.2) is 8.42 Å². The third-order valence-electron chi connectivity index (χ3n) is 5.47. The Hall–Kier alpha value is -2.18. The van der Waals surface area contributed by atoms with Gasteiger partial charge >= 0.3 is 0 Å². The summed E-state index contributed by atoms with van der Waals surface area (Å²) in [6.07, 6.45) is 2.21. The molecule has 1 atom stereocenters. The molecule has 0 spiro atoms. The first-order valence-corrected chi connectivity index (χ1v) is 11.2. The molecule has 1 N–H and O–H groups in total. The van der Waals surface area contributed by atoms with Crippen LogP contribution in [0.1, 0.15) is 37.8 Å². The zero-order valence-electron chi connectivity index (χ0n) is 16.5. The molecule has 0 saturated carbocycles. The van der Waals surface area contributed by atoms with E-state index in [2.05, 4.69) is 5.32 Å². The second-order valence-corrected chi connectivity index (χ2v) is 9.61. The first-order valence-electron chi connectivity index (χ1n) is 9.76. The van der Waals surface area contributed by atoms with Crippen molar-refractivity contribution in [1.82, 2.24) is 9.62 Å². The fraction of sp³-hybridized carbons (Fsp3) is 0.409. The van der Waals surface area contributed by atoms with Crippen molar-refractivity contribution in [3.05, 3.63) is 65.7 Å². The zero-order chi connectivity index (χ0) is 20.2. The number of aryl methyl sites for hydroxylation is 1. The maximum Gasteiger partial charge on any atom is 0.243 e. The van der Waals surface area contributed by atoms with E-state index in [0.29, 0.717) is 30.8 Å². The number of carbonyl (C=O) groups excluding carboxylic acids is 1. The molecule has 1 aliphatic heterocycles. The van der Waals surface area contributed by atoms with Gasteiger partial charge < -0.3 is 5.32 Å². The third kappa shape index (κ3) is 4.45. The molecule has 1 fully saturated rings. The number of hydrogen-bond acceptors (Lipinski definition) is 3. The van der Waals surface area contributed by atoms with Crippen molar-refractivity contribution in [3.8, 4) is 0 Å². The summed E-state index contributed by atoms with van der Waals surface area (Å²) in [5.74, 6) is -0.0995. The van der Waals surface area contributed by atoms with E-state index in [1.165, 1.54) is 4.31 Å². The van der Waals surface area contributed by atoms with Crippen molar-refractivity contribution in [3.63, 3.8) is 0 Å². The number of nitrogens with zero attached hydrogens (tertiary/aromatic N) is 1. The molecule has 1 amide bonds. The van der Waals surface area contributed by atoms with Crippen molar-refractivity contribution in [2.45, 2.75) is 44.6 Å². The molecule has 2 aromatic rings. The van der Waals surface area contributed by atoms with Crippen LogP contribution in [-0.2, 0) is 27.8 Å². The Kier molecular flexibility index (Phi) is 6.20. The van der Waals surface area contributed by atoms with Gasteiger partial charge in [-0.3, -0.25) is 4.79 Å². The van der Waals surface area contributed by atoms with Gasteiger partial charge in [0.25, 0.3) is 0 Å². The SMILES string of the molecule is CCc1ccc(S(=O)(=O)N2CCCC(C)(C(=O)NCc3ccccc3)C2)cc1. The average Bonchev–Trinajstić information content (AvgIpc) is 2.72. The van der Waals surface area contributed by atoms with Gasteiger partial charge in [0.1, 0.15) is 0 Å². The van der Waals surface area contributed by atoms with E-state index < -0.39 is 15.4 Å². The van der Waals surface area contributed by atoms with E-state index in [9.17, 15) is 13.2 Å². The molecule has 1 saturated heterocycles. The molecule has 28 heavy (non-hydrogen) atoms. The lowest BCUT2D eigenvalue weighted by Gasteiger charge is -2.38. The maximum absolute atomic E-state index is 13.1. The quantitative estimate of drug-likeness (QED) is 0.809. The second-order valence-electron chi connectivity index (χ2n) is 7.67. The number of sulfonamides is 1. The Morgan fingerprint density at radius 1 is 1.07 bits per heavy atom. The molecule has 150 valence electrons. The smallest absolute Gasteiger partial charge is 0.243 e. The minimum atomic E-state index is -3.61. The molecule has 0 aliphatic carbocycles. The fourth-order valence-electron chi connectivity index (χ4n) is 3.62. The van der Waals surface area contributed by atoms with Gasteiger partial charge in [0.2, 0.25) is 15.9 Å². The van der Waals surface area contributed by atoms with Crippen LogP contribution in [0.3, 0.4) is 0 Å². The third-order valence-corrected chi connectivity index (χ3v) is 7.33. The molecule has 1 unspecified atom stereocenters. The first kappa shape index (κ1) is 20.6. The average molecular weight is 401 g/mol. The van der Waals surface area contributed by atoms with Gasteiger partial charge in [-0.15, -0.1) is 0 Å². The number of rotatable bonds is 6. The highest BCUT2D eigenvalue weighted by molar-refractivity contribution is 7.89. The summed E-state index contributed by atoms with van der Waals surface area (Å²) >= 11 is 0. The largest absolute Gasteiger partial charge is 0.352 e. The van der Waals surface area contributed by atoms with Crippen LogP contribution < -0.4 is 5.32 Å². The molecule has 3 rings (SSSR count). The van der Waals surface area contributed by atoms with Crippen molar-refractivity contribution >= 4 is 15.9 Å². The van der Waals surface area contributed by atoms with E-state index in [0.717, 1.165) is 17.5 Å². The summed E-state index contributed by atoms with van der Waals surface area (Å²) in [6, 6.07) is 16.7. The molecule has 1 aliphatic rings. The Balaban J connectivity index is 1.71. The number of carbonyl (C=O) groups is 1. The van der Waals surface area contributed by atoms with Crippen LogP contribution >= 0.6 is 0 Å². The lowest BCUT2D eigenvalue weighted by molar-refractivity contribution is -0.132. The van der Waals surface area contributed by atoms with Crippen molar-refractivity contribution in [2.24, 2.45) is 5.41 Å². The molecule has 0 aromatic heterocycles. The number of hydrogen-bond donors (Lipinski definition) is 1. The molecule has 5 nitrogen and oxygen atoms in total. The summed E-state index contributed by atoms with van der Waals surface area (Å²) in [7, 11) is -3.61. The molecular weight excluding hydrogens is 372 g/mol. The molecule has 1 heterocycles. The van der Waals surface area contributed by atoms with Gasteiger partial charge in [0.15, 0.2) is 0 Å². The predicted octanol–water partition coefficient (Wildman–Crippen LogP) is 3.36. The monoisotopic (exact) mass is 400 g/mol. The van der Waals surface area contributed by atoms with Crippen molar-refractivity contribution in [1.29, 1.82) is 0 Å². The Labute approximate surface area is 167 Å². The number of benzene rings is 2. The van der Waals surface area contributed by atoms with E-state index in [4.69, 9.17) is 0 Å². The Morgan fingerprint density at radius 3 is 2.39 bits per heavy atom. The topological polar surface area (TPSA) is 66.5 Å². The molecule has 0 radical (unpaired) electrons. The summed E-state index contributed by atoms with van der Waals surface area (Å²) in [6.45, 7) is 4.98. The molecular formula is C22H28N2O3S. The van der Waals surface area contributed by atoms with Gasteiger partial charge in [-0.05, 0) is 49.4 Å². The normalized spacial score (nSPS) is 20.6. The van der Waals surface area contributed by atoms with Crippen molar-refractivity contribution in [2.75, 3.05) is 13.1 Å². The zero-order valence-corrected chi connectivity index (χ0v) is 17.3. The lowest BCUT2D eigenvalue weighted by Crippen LogP contribution is -2.51. The summed E-state index contributed by atoms with van der Waals surface area (Å²) in [5.41, 5.74) is 1.39. The van der Waals surface area contributed by atoms with Gasteiger partial charge in [-0.2, -0.15) is 4.31 Å². The molecule has 6 heteroatoms. The predicted molar refractivity (Wildman–Crippen MR) is 110 cm³/mol. The Bertz CT molecular complexity index is 911. The summed E-state index contributed by atoms with van der Waals surface area (Å²) < 4.78 is 27.6.